The number of ether oxygens (including phenoxy) is 1. The van der Waals surface area contributed by atoms with Gasteiger partial charge in [0.15, 0.2) is 0 Å². The number of rotatable bonds is 8. The second-order valence-electron chi connectivity index (χ2n) is 10.7. The number of esters is 1. The zero-order chi connectivity index (χ0) is 19.9. The first-order chi connectivity index (χ1) is 13.5. The molecular weight excluding hydrogens is 344 g/mol. The van der Waals surface area contributed by atoms with Gasteiger partial charge in [-0.25, -0.2) is 0 Å². The molecule has 0 aromatic rings. The van der Waals surface area contributed by atoms with Gasteiger partial charge in [-0.2, -0.15) is 0 Å². The Morgan fingerprint density at radius 3 is 2.43 bits per heavy atom. The smallest absolute Gasteiger partial charge is 0.309 e. The average Bonchev–Trinajstić information content (AvgIpc) is 3.45. The van der Waals surface area contributed by atoms with Gasteiger partial charge in [-0.15, -0.1) is 0 Å². The largest absolute Gasteiger partial charge is 0.459 e. The Kier molecular flexibility index (Phi) is 5.96. The predicted octanol–water partition coefficient (Wildman–Crippen LogP) is 6.93. The number of fused-ring (bicyclic) bond motifs is 5. The fourth-order valence-electron chi connectivity index (χ4n) is 8.04. The molecule has 0 spiro atoms. The molecule has 0 saturated heterocycles. The highest BCUT2D eigenvalue weighted by molar-refractivity contribution is 5.74. The molecule has 4 aliphatic rings. The van der Waals surface area contributed by atoms with Crippen LogP contribution in [0.1, 0.15) is 97.8 Å². The van der Waals surface area contributed by atoms with E-state index in [-0.39, 0.29) is 17.5 Å². The Labute approximate surface area is 172 Å². The van der Waals surface area contributed by atoms with Crippen LogP contribution in [0.25, 0.3) is 0 Å². The summed E-state index contributed by atoms with van der Waals surface area (Å²) in [7, 11) is 0. The molecule has 0 aliphatic heterocycles. The number of carbonyl (C=O) groups excluding carboxylic acids is 1. The van der Waals surface area contributed by atoms with Crippen molar-refractivity contribution in [2.75, 3.05) is 0 Å². The number of carbonyl (C=O) groups is 1. The summed E-state index contributed by atoms with van der Waals surface area (Å²) in [6.07, 6.45) is 14.4. The minimum atomic E-state index is -0.127. The second-order valence-corrected chi connectivity index (χ2v) is 10.7. The Hall–Kier alpha value is -0.790. The summed E-state index contributed by atoms with van der Waals surface area (Å²) in [6, 6.07) is 0. The fraction of sp³-hybridized carbons (Fsp3) is 0.885. The molecule has 2 bridgehead atoms. The van der Waals surface area contributed by atoms with E-state index in [1.165, 1.54) is 50.5 Å². The van der Waals surface area contributed by atoms with E-state index in [4.69, 9.17) is 4.74 Å². The molecule has 158 valence electrons. The second kappa shape index (κ2) is 8.15. The van der Waals surface area contributed by atoms with Crippen LogP contribution in [0.5, 0.6) is 0 Å². The molecule has 2 nitrogen and oxygen atoms in total. The van der Waals surface area contributed by atoms with E-state index in [0.29, 0.717) is 5.92 Å². The predicted molar refractivity (Wildman–Crippen MR) is 115 cm³/mol. The van der Waals surface area contributed by atoms with Crippen LogP contribution in [0.4, 0.5) is 0 Å². The summed E-state index contributed by atoms with van der Waals surface area (Å²) in [5.41, 5.74) is 1.31. The van der Waals surface area contributed by atoms with Gasteiger partial charge >= 0.3 is 5.97 Å². The summed E-state index contributed by atoms with van der Waals surface area (Å²) >= 11 is 0. The van der Waals surface area contributed by atoms with Crippen molar-refractivity contribution in [1.29, 1.82) is 0 Å². The first-order valence-electron chi connectivity index (χ1n) is 12.4. The van der Waals surface area contributed by atoms with Crippen LogP contribution in [0.15, 0.2) is 12.2 Å². The van der Waals surface area contributed by atoms with Crippen LogP contribution >= 0.6 is 0 Å². The van der Waals surface area contributed by atoms with Gasteiger partial charge in [0, 0.05) is 0 Å². The summed E-state index contributed by atoms with van der Waals surface area (Å²) in [5.74, 6) is 5.06. The van der Waals surface area contributed by atoms with Crippen LogP contribution in [-0.2, 0) is 9.53 Å². The molecule has 4 aliphatic carbocycles. The standard InChI is InChI=1S/C26H42O2/c1-5-10-18-14-19(13-17(4)6-2)23-20-15-21(24(18)23)22(16-20)25(27)28-26(7-3)11-8-9-12-26/h18-24H,4-16H2,1-3H3. The van der Waals surface area contributed by atoms with Crippen molar-refractivity contribution < 1.29 is 9.53 Å². The Bertz CT molecular complexity index is 587. The Morgan fingerprint density at radius 1 is 1.04 bits per heavy atom. The van der Waals surface area contributed by atoms with Gasteiger partial charge in [0.05, 0.1) is 5.92 Å². The lowest BCUT2D eigenvalue weighted by Gasteiger charge is -2.37. The minimum absolute atomic E-state index is 0.127. The van der Waals surface area contributed by atoms with Crippen LogP contribution in [0, 0.1) is 41.4 Å². The summed E-state index contributed by atoms with van der Waals surface area (Å²) in [4.78, 5) is 13.3. The van der Waals surface area contributed by atoms with E-state index < -0.39 is 0 Å². The van der Waals surface area contributed by atoms with Gasteiger partial charge in [0.2, 0.25) is 0 Å². The van der Waals surface area contributed by atoms with Crippen molar-refractivity contribution in [3.05, 3.63) is 12.2 Å². The molecule has 0 radical (unpaired) electrons. The summed E-state index contributed by atoms with van der Waals surface area (Å²) in [5, 5.41) is 0. The quantitative estimate of drug-likeness (QED) is 0.334. The Balaban J connectivity index is 1.48. The van der Waals surface area contributed by atoms with E-state index in [2.05, 4.69) is 27.4 Å². The highest BCUT2D eigenvalue weighted by Crippen LogP contribution is 2.66. The Morgan fingerprint density at radius 2 is 1.79 bits per heavy atom. The van der Waals surface area contributed by atoms with E-state index in [9.17, 15) is 4.79 Å². The highest BCUT2D eigenvalue weighted by Gasteiger charge is 2.61. The molecule has 0 aromatic carbocycles. The van der Waals surface area contributed by atoms with Gasteiger partial charge in [-0.1, -0.05) is 45.8 Å². The molecule has 4 saturated carbocycles. The third-order valence-electron chi connectivity index (χ3n) is 9.32. The third-order valence-corrected chi connectivity index (χ3v) is 9.32. The minimum Gasteiger partial charge on any atom is -0.459 e. The first-order valence-corrected chi connectivity index (χ1v) is 12.4. The van der Waals surface area contributed by atoms with Crippen molar-refractivity contribution in [2.24, 2.45) is 41.4 Å². The monoisotopic (exact) mass is 386 g/mol. The van der Waals surface area contributed by atoms with Gasteiger partial charge in [-0.05, 0) is 99.7 Å². The molecule has 2 heteroatoms. The maximum atomic E-state index is 13.3. The fourth-order valence-corrected chi connectivity index (χ4v) is 8.04. The number of hydrogen-bond acceptors (Lipinski definition) is 2. The molecule has 4 rings (SSSR count). The molecule has 7 unspecified atom stereocenters. The van der Waals surface area contributed by atoms with Crippen molar-refractivity contribution >= 4 is 5.97 Å². The lowest BCUT2D eigenvalue weighted by molar-refractivity contribution is -0.168. The normalized spacial score (nSPS) is 40.6. The SMILES string of the molecule is C=C(CC)CC1CC(CCC)C2C3CC(CC3C(=O)OC3(CC)CCCC3)C12. The average molecular weight is 387 g/mol. The zero-order valence-electron chi connectivity index (χ0n) is 18.6. The zero-order valence-corrected chi connectivity index (χ0v) is 18.6. The summed E-state index contributed by atoms with van der Waals surface area (Å²) < 4.78 is 6.28. The number of allylic oxidation sites excluding steroid dienone is 1. The third kappa shape index (κ3) is 3.47. The maximum absolute atomic E-state index is 13.3. The van der Waals surface area contributed by atoms with Crippen LogP contribution in [-0.4, -0.2) is 11.6 Å². The van der Waals surface area contributed by atoms with Crippen LogP contribution in [0.3, 0.4) is 0 Å². The van der Waals surface area contributed by atoms with E-state index in [1.54, 1.807) is 0 Å². The van der Waals surface area contributed by atoms with Crippen LogP contribution in [0.2, 0.25) is 0 Å². The van der Waals surface area contributed by atoms with Crippen LogP contribution < -0.4 is 0 Å². The van der Waals surface area contributed by atoms with Crippen molar-refractivity contribution in [1.82, 2.24) is 0 Å². The molecule has 0 heterocycles. The van der Waals surface area contributed by atoms with Crippen molar-refractivity contribution in [3.63, 3.8) is 0 Å². The molecule has 4 fully saturated rings. The van der Waals surface area contributed by atoms with E-state index in [0.717, 1.165) is 61.7 Å². The van der Waals surface area contributed by atoms with E-state index in [1.807, 2.05) is 0 Å². The van der Waals surface area contributed by atoms with Gasteiger partial charge in [0.25, 0.3) is 0 Å². The molecule has 0 aromatic heterocycles. The topological polar surface area (TPSA) is 26.3 Å². The molecule has 0 N–H and O–H groups in total. The highest BCUT2D eigenvalue weighted by atomic mass is 16.6. The maximum Gasteiger partial charge on any atom is 0.309 e. The van der Waals surface area contributed by atoms with Gasteiger partial charge < -0.3 is 4.74 Å². The molecule has 0 amide bonds. The first kappa shape index (κ1) is 20.5. The summed E-state index contributed by atoms with van der Waals surface area (Å²) in [6.45, 7) is 11.1. The molecule has 28 heavy (non-hydrogen) atoms. The lowest BCUT2D eigenvalue weighted by Crippen LogP contribution is -2.39. The van der Waals surface area contributed by atoms with Gasteiger partial charge in [-0.3, -0.25) is 4.79 Å². The van der Waals surface area contributed by atoms with Gasteiger partial charge in [0.1, 0.15) is 5.60 Å². The van der Waals surface area contributed by atoms with E-state index >= 15 is 0 Å². The lowest BCUT2D eigenvalue weighted by atomic mass is 9.70. The molecular formula is C26H42O2. The van der Waals surface area contributed by atoms with Crippen molar-refractivity contribution in [3.8, 4) is 0 Å². The molecule has 7 atom stereocenters. The van der Waals surface area contributed by atoms with Crippen molar-refractivity contribution in [2.45, 2.75) is 103 Å². The number of hydrogen-bond donors (Lipinski definition) is 0.